The third kappa shape index (κ3) is 5.25. The van der Waals surface area contributed by atoms with Crippen LogP contribution in [0.3, 0.4) is 0 Å². The standard InChI is InChI=1S/C14H18N2O3/c1-4-9-19-12-7-5-11(6-8-12)16-14(18)13(17)15-10(2)3/h4-8,10H,1,9H2,2-3H3,(H,15,17)(H,16,18). The normalized spacial score (nSPS) is 9.84. The van der Waals surface area contributed by atoms with Crippen LogP contribution in [-0.2, 0) is 9.59 Å². The molecule has 0 unspecified atom stereocenters. The minimum Gasteiger partial charge on any atom is -0.490 e. The van der Waals surface area contributed by atoms with Crippen molar-refractivity contribution in [3.63, 3.8) is 0 Å². The van der Waals surface area contributed by atoms with Gasteiger partial charge < -0.3 is 15.4 Å². The Kier molecular flexibility index (Phi) is 5.60. The molecule has 1 aromatic carbocycles. The van der Waals surface area contributed by atoms with Gasteiger partial charge in [-0.05, 0) is 38.1 Å². The summed E-state index contributed by atoms with van der Waals surface area (Å²) in [4.78, 5) is 22.9. The molecule has 2 amide bonds. The van der Waals surface area contributed by atoms with Crippen molar-refractivity contribution < 1.29 is 14.3 Å². The highest BCUT2D eigenvalue weighted by Crippen LogP contribution is 2.15. The highest BCUT2D eigenvalue weighted by molar-refractivity contribution is 6.39. The number of benzene rings is 1. The summed E-state index contributed by atoms with van der Waals surface area (Å²) in [6.45, 7) is 7.55. The largest absolute Gasteiger partial charge is 0.490 e. The van der Waals surface area contributed by atoms with Crippen molar-refractivity contribution in [2.24, 2.45) is 0 Å². The van der Waals surface area contributed by atoms with Gasteiger partial charge >= 0.3 is 11.8 Å². The number of anilines is 1. The number of rotatable bonds is 5. The van der Waals surface area contributed by atoms with E-state index in [-0.39, 0.29) is 6.04 Å². The molecule has 2 N–H and O–H groups in total. The van der Waals surface area contributed by atoms with E-state index in [0.29, 0.717) is 18.0 Å². The van der Waals surface area contributed by atoms with Crippen molar-refractivity contribution in [1.82, 2.24) is 5.32 Å². The van der Waals surface area contributed by atoms with Crippen molar-refractivity contribution in [3.05, 3.63) is 36.9 Å². The van der Waals surface area contributed by atoms with Gasteiger partial charge in [0.2, 0.25) is 0 Å². The van der Waals surface area contributed by atoms with Crippen molar-refractivity contribution in [2.75, 3.05) is 11.9 Å². The Bertz CT molecular complexity index is 452. The van der Waals surface area contributed by atoms with Crippen LogP contribution in [0.15, 0.2) is 36.9 Å². The molecule has 0 aliphatic rings. The molecule has 0 aliphatic carbocycles. The molecule has 0 fully saturated rings. The second-order valence-electron chi connectivity index (χ2n) is 4.21. The van der Waals surface area contributed by atoms with Gasteiger partial charge in [0, 0.05) is 11.7 Å². The summed E-state index contributed by atoms with van der Waals surface area (Å²) in [5, 5.41) is 5.02. The predicted octanol–water partition coefficient (Wildman–Crippen LogP) is 1.71. The molecule has 19 heavy (non-hydrogen) atoms. The monoisotopic (exact) mass is 262 g/mol. The van der Waals surface area contributed by atoms with Crippen molar-refractivity contribution in [2.45, 2.75) is 19.9 Å². The van der Waals surface area contributed by atoms with Gasteiger partial charge in [0.15, 0.2) is 0 Å². The Balaban J connectivity index is 2.55. The number of hydrogen-bond acceptors (Lipinski definition) is 3. The Labute approximate surface area is 112 Å². The van der Waals surface area contributed by atoms with Gasteiger partial charge in [-0.1, -0.05) is 12.7 Å². The van der Waals surface area contributed by atoms with E-state index in [9.17, 15) is 9.59 Å². The summed E-state index contributed by atoms with van der Waals surface area (Å²) in [7, 11) is 0. The number of ether oxygens (including phenoxy) is 1. The number of carbonyl (C=O) groups excluding carboxylic acids is 2. The van der Waals surface area contributed by atoms with Crippen LogP contribution in [0.4, 0.5) is 5.69 Å². The van der Waals surface area contributed by atoms with Crippen LogP contribution in [0.5, 0.6) is 5.75 Å². The van der Waals surface area contributed by atoms with E-state index in [4.69, 9.17) is 4.74 Å². The zero-order chi connectivity index (χ0) is 14.3. The highest BCUT2D eigenvalue weighted by atomic mass is 16.5. The second kappa shape index (κ2) is 7.20. The average Bonchev–Trinajstić information content (AvgIpc) is 2.37. The molecular weight excluding hydrogens is 244 g/mol. The van der Waals surface area contributed by atoms with Crippen LogP contribution in [0.2, 0.25) is 0 Å². The van der Waals surface area contributed by atoms with Gasteiger partial charge in [-0.15, -0.1) is 0 Å². The summed E-state index contributed by atoms with van der Waals surface area (Å²) < 4.78 is 5.31. The molecule has 0 saturated carbocycles. The zero-order valence-electron chi connectivity index (χ0n) is 11.1. The van der Waals surface area contributed by atoms with Gasteiger partial charge in [0.1, 0.15) is 12.4 Å². The third-order valence-corrected chi connectivity index (χ3v) is 2.11. The summed E-state index contributed by atoms with van der Waals surface area (Å²) >= 11 is 0. The smallest absolute Gasteiger partial charge is 0.313 e. The Hall–Kier alpha value is -2.30. The minimum atomic E-state index is -0.687. The maximum absolute atomic E-state index is 11.5. The van der Waals surface area contributed by atoms with Crippen molar-refractivity contribution in [1.29, 1.82) is 0 Å². The minimum absolute atomic E-state index is 0.0760. The first-order chi connectivity index (χ1) is 9.02. The fraction of sp³-hybridized carbons (Fsp3) is 0.286. The van der Waals surface area contributed by atoms with E-state index < -0.39 is 11.8 Å². The molecule has 1 rings (SSSR count). The van der Waals surface area contributed by atoms with Gasteiger partial charge in [-0.25, -0.2) is 0 Å². The summed E-state index contributed by atoms with van der Waals surface area (Å²) in [5.74, 6) is -0.667. The zero-order valence-corrected chi connectivity index (χ0v) is 11.1. The van der Waals surface area contributed by atoms with Crippen LogP contribution in [0.1, 0.15) is 13.8 Å². The summed E-state index contributed by atoms with van der Waals surface area (Å²) in [6, 6.07) is 6.67. The topological polar surface area (TPSA) is 67.4 Å². The fourth-order valence-corrected chi connectivity index (χ4v) is 1.31. The van der Waals surface area contributed by atoms with E-state index in [1.165, 1.54) is 0 Å². The lowest BCUT2D eigenvalue weighted by molar-refractivity contribution is -0.136. The SMILES string of the molecule is C=CCOc1ccc(NC(=O)C(=O)NC(C)C)cc1. The fourth-order valence-electron chi connectivity index (χ4n) is 1.31. The first-order valence-electron chi connectivity index (χ1n) is 5.98. The Morgan fingerprint density at radius 2 is 1.89 bits per heavy atom. The maximum atomic E-state index is 11.5. The summed E-state index contributed by atoms with van der Waals surface area (Å²) in [6.07, 6.45) is 1.64. The van der Waals surface area contributed by atoms with E-state index in [1.54, 1.807) is 44.2 Å². The molecule has 102 valence electrons. The molecule has 0 bridgehead atoms. The van der Waals surface area contributed by atoms with E-state index in [1.807, 2.05) is 0 Å². The third-order valence-electron chi connectivity index (χ3n) is 2.11. The lowest BCUT2D eigenvalue weighted by Crippen LogP contribution is -2.39. The van der Waals surface area contributed by atoms with Gasteiger partial charge in [-0.2, -0.15) is 0 Å². The maximum Gasteiger partial charge on any atom is 0.313 e. The van der Waals surface area contributed by atoms with Crippen LogP contribution < -0.4 is 15.4 Å². The van der Waals surface area contributed by atoms with E-state index in [0.717, 1.165) is 0 Å². The molecule has 0 atom stereocenters. The lowest BCUT2D eigenvalue weighted by Gasteiger charge is -2.09. The lowest BCUT2D eigenvalue weighted by atomic mass is 10.3. The number of amides is 2. The predicted molar refractivity (Wildman–Crippen MR) is 74.0 cm³/mol. The number of nitrogens with one attached hydrogen (secondary N) is 2. The van der Waals surface area contributed by atoms with E-state index in [2.05, 4.69) is 17.2 Å². The Morgan fingerprint density at radius 1 is 1.26 bits per heavy atom. The van der Waals surface area contributed by atoms with Crippen molar-refractivity contribution >= 4 is 17.5 Å². The van der Waals surface area contributed by atoms with Gasteiger partial charge in [-0.3, -0.25) is 9.59 Å². The first kappa shape index (κ1) is 14.8. The average molecular weight is 262 g/mol. The number of hydrogen-bond donors (Lipinski definition) is 2. The van der Waals surface area contributed by atoms with Crippen LogP contribution in [0, 0.1) is 0 Å². The molecule has 0 heterocycles. The van der Waals surface area contributed by atoms with Gasteiger partial charge in [0.05, 0.1) is 0 Å². The summed E-state index contributed by atoms with van der Waals surface area (Å²) in [5.41, 5.74) is 0.537. The van der Waals surface area contributed by atoms with Gasteiger partial charge in [0.25, 0.3) is 0 Å². The molecule has 0 saturated heterocycles. The molecule has 5 nitrogen and oxygen atoms in total. The molecule has 0 spiro atoms. The molecule has 0 radical (unpaired) electrons. The molecule has 0 aliphatic heterocycles. The van der Waals surface area contributed by atoms with E-state index >= 15 is 0 Å². The highest BCUT2D eigenvalue weighted by Gasteiger charge is 2.14. The van der Waals surface area contributed by atoms with Crippen molar-refractivity contribution in [3.8, 4) is 5.75 Å². The molecular formula is C14H18N2O3. The molecule has 5 heteroatoms. The molecule has 0 aromatic heterocycles. The Morgan fingerprint density at radius 3 is 2.42 bits per heavy atom. The quantitative estimate of drug-likeness (QED) is 0.627. The van der Waals surface area contributed by atoms with Crippen LogP contribution in [-0.4, -0.2) is 24.5 Å². The number of carbonyl (C=O) groups is 2. The van der Waals surface area contributed by atoms with Crippen LogP contribution >= 0.6 is 0 Å². The second-order valence-corrected chi connectivity index (χ2v) is 4.21. The van der Waals surface area contributed by atoms with Crippen LogP contribution in [0.25, 0.3) is 0 Å². The molecule has 1 aromatic rings. The first-order valence-corrected chi connectivity index (χ1v) is 5.98.